The standard InChI is InChI=1S/C15H27N3O3S/c1-13(2)9-18-10-14(16-12-18)22(20,21)17-11-15(19)7-5-3-4-6-8-15/h10,12-13,17,19H,3-9,11H2,1-2H3. The van der Waals surface area contributed by atoms with Crippen LogP contribution in [0.4, 0.5) is 0 Å². The summed E-state index contributed by atoms with van der Waals surface area (Å²) >= 11 is 0. The van der Waals surface area contributed by atoms with Gasteiger partial charge in [-0.2, -0.15) is 0 Å². The molecule has 1 aromatic heterocycles. The van der Waals surface area contributed by atoms with E-state index in [0.29, 0.717) is 18.8 Å². The molecule has 0 aliphatic heterocycles. The molecule has 0 aromatic carbocycles. The van der Waals surface area contributed by atoms with Crippen molar-refractivity contribution in [3.05, 3.63) is 12.5 Å². The molecule has 6 nitrogen and oxygen atoms in total. The van der Waals surface area contributed by atoms with Crippen molar-refractivity contribution < 1.29 is 13.5 Å². The van der Waals surface area contributed by atoms with Crippen LogP contribution in [0.3, 0.4) is 0 Å². The molecular weight excluding hydrogens is 302 g/mol. The Bertz CT molecular complexity index is 573. The first-order chi connectivity index (χ1) is 10.3. The number of hydrogen-bond acceptors (Lipinski definition) is 4. The monoisotopic (exact) mass is 329 g/mol. The van der Waals surface area contributed by atoms with E-state index >= 15 is 0 Å². The summed E-state index contributed by atoms with van der Waals surface area (Å²) < 4.78 is 28.9. The van der Waals surface area contributed by atoms with Gasteiger partial charge in [0.05, 0.1) is 11.9 Å². The van der Waals surface area contributed by atoms with E-state index in [-0.39, 0.29) is 11.6 Å². The van der Waals surface area contributed by atoms with E-state index in [1.165, 1.54) is 6.33 Å². The highest BCUT2D eigenvalue weighted by Gasteiger charge is 2.30. The highest BCUT2D eigenvalue weighted by atomic mass is 32.2. The van der Waals surface area contributed by atoms with Crippen LogP contribution in [-0.2, 0) is 16.6 Å². The first-order valence-corrected chi connectivity index (χ1v) is 9.53. The van der Waals surface area contributed by atoms with E-state index in [0.717, 1.165) is 32.2 Å². The van der Waals surface area contributed by atoms with Gasteiger partial charge in [-0.15, -0.1) is 0 Å². The molecule has 7 heteroatoms. The van der Waals surface area contributed by atoms with Crippen LogP contribution in [0.25, 0.3) is 0 Å². The molecule has 0 atom stereocenters. The van der Waals surface area contributed by atoms with Crippen molar-refractivity contribution in [1.29, 1.82) is 0 Å². The average Bonchev–Trinajstić information content (AvgIpc) is 2.79. The second-order valence-corrected chi connectivity index (χ2v) is 8.48. The molecule has 1 saturated carbocycles. The molecule has 0 saturated heterocycles. The van der Waals surface area contributed by atoms with Gasteiger partial charge in [0.2, 0.25) is 0 Å². The van der Waals surface area contributed by atoms with Crippen molar-refractivity contribution >= 4 is 10.0 Å². The highest BCUT2D eigenvalue weighted by molar-refractivity contribution is 7.89. The first kappa shape index (κ1) is 17.4. The minimum atomic E-state index is -3.67. The zero-order chi connectivity index (χ0) is 16.2. The van der Waals surface area contributed by atoms with Crippen LogP contribution in [0.15, 0.2) is 17.6 Å². The number of sulfonamides is 1. The van der Waals surface area contributed by atoms with Gasteiger partial charge in [0.25, 0.3) is 10.0 Å². The maximum absolute atomic E-state index is 12.3. The van der Waals surface area contributed by atoms with Gasteiger partial charge >= 0.3 is 0 Å². The second-order valence-electron chi connectivity index (χ2n) is 6.77. The molecule has 1 heterocycles. The molecule has 1 fully saturated rings. The molecule has 0 radical (unpaired) electrons. The molecule has 0 amide bonds. The summed E-state index contributed by atoms with van der Waals surface area (Å²) in [6.07, 6.45) is 8.48. The van der Waals surface area contributed by atoms with Crippen molar-refractivity contribution in [2.45, 2.75) is 69.5 Å². The van der Waals surface area contributed by atoms with Crippen molar-refractivity contribution in [2.24, 2.45) is 5.92 Å². The topological polar surface area (TPSA) is 84.2 Å². The molecule has 22 heavy (non-hydrogen) atoms. The lowest BCUT2D eigenvalue weighted by Crippen LogP contribution is -2.42. The number of aliphatic hydroxyl groups is 1. The summed E-state index contributed by atoms with van der Waals surface area (Å²) in [7, 11) is -3.67. The van der Waals surface area contributed by atoms with Crippen LogP contribution in [0, 0.1) is 5.92 Å². The molecule has 126 valence electrons. The smallest absolute Gasteiger partial charge is 0.259 e. The van der Waals surface area contributed by atoms with Crippen LogP contribution in [0.1, 0.15) is 52.4 Å². The number of nitrogens with one attached hydrogen (secondary N) is 1. The molecular formula is C15H27N3O3S. The Hall–Kier alpha value is -0.920. The number of nitrogens with zero attached hydrogens (tertiary/aromatic N) is 2. The summed E-state index contributed by atoms with van der Waals surface area (Å²) in [5.74, 6) is 0.421. The zero-order valence-electron chi connectivity index (χ0n) is 13.5. The summed E-state index contributed by atoms with van der Waals surface area (Å²) in [4.78, 5) is 3.98. The number of hydrogen-bond donors (Lipinski definition) is 2. The maximum Gasteiger partial charge on any atom is 0.259 e. The summed E-state index contributed by atoms with van der Waals surface area (Å²) in [6.45, 7) is 4.92. The third-order valence-corrected chi connectivity index (χ3v) is 5.37. The van der Waals surface area contributed by atoms with Crippen molar-refractivity contribution in [3.63, 3.8) is 0 Å². The van der Waals surface area contributed by atoms with Crippen molar-refractivity contribution in [1.82, 2.24) is 14.3 Å². The Balaban J connectivity index is 1.99. The minimum Gasteiger partial charge on any atom is -0.389 e. The van der Waals surface area contributed by atoms with Crippen LogP contribution in [0.5, 0.6) is 0 Å². The molecule has 0 unspecified atom stereocenters. The van der Waals surface area contributed by atoms with Crippen molar-refractivity contribution in [3.8, 4) is 0 Å². The van der Waals surface area contributed by atoms with E-state index in [4.69, 9.17) is 0 Å². The predicted molar refractivity (Wildman–Crippen MR) is 84.9 cm³/mol. The average molecular weight is 329 g/mol. The largest absolute Gasteiger partial charge is 0.389 e. The highest BCUT2D eigenvalue weighted by Crippen LogP contribution is 2.26. The number of rotatable bonds is 6. The minimum absolute atomic E-state index is 0.0189. The fraction of sp³-hybridized carbons (Fsp3) is 0.800. The summed E-state index contributed by atoms with van der Waals surface area (Å²) in [6, 6.07) is 0. The molecule has 1 aromatic rings. The van der Waals surface area contributed by atoms with Gasteiger partial charge in [0.15, 0.2) is 5.03 Å². The molecule has 0 bridgehead atoms. The molecule has 1 aliphatic rings. The fourth-order valence-electron chi connectivity index (χ4n) is 2.87. The Kier molecular flexibility index (Phi) is 5.63. The van der Waals surface area contributed by atoms with Crippen LogP contribution in [0.2, 0.25) is 0 Å². The Morgan fingerprint density at radius 2 is 1.95 bits per heavy atom. The second kappa shape index (κ2) is 7.10. The van der Waals surface area contributed by atoms with E-state index in [1.54, 1.807) is 10.8 Å². The van der Waals surface area contributed by atoms with Gasteiger partial charge in [-0.25, -0.2) is 18.1 Å². The lowest BCUT2D eigenvalue weighted by atomic mass is 9.95. The lowest BCUT2D eigenvalue weighted by Gasteiger charge is -2.26. The van der Waals surface area contributed by atoms with Gasteiger partial charge < -0.3 is 9.67 Å². The molecule has 2 rings (SSSR count). The first-order valence-electron chi connectivity index (χ1n) is 8.05. The van der Waals surface area contributed by atoms with Crippen molar-refractivity contribution in [2.75, 3.05) is 6.54 Å². The third kappa shape index (κ3) is 4.79. The molecule has 2 N–H and O–H groups in total. The fourth-order valence-corrected chi connectivity index (χ4v) is 3.93. The molecule has 0 spiro atoms. The van der Waals surface area contributed by atoms with Gasteiger partial charge in [0.1, 0.15) is 0 Å². The Morgan fingerprint density at radius 3 is 2.55 bits per heavy atom. The summed E-state index contributed by atoms with van der Waals surface area (Å²) in [5.41, 5.74) is -0.927. The Morgan fingerprint density at radius 1 is 1.32 bits per heavy atom. The SMILES string of the molecule is CC(C)Cn1cnc(S(=O)(=O)NCC2(O)CCCCCC2)c1. The lowest BCUT2D eigenvalue weighted by molar-refractivity contribution is 0.0303. The van der Waals surface area contributed by atoms with Gasteiger partial charge in [0, 0.05) is 19.3 Å². The van der Waals surface area contributed by atoms with Crippen LogP contribution < -0.4 is 4.72 Å². The van der Waals surface area contributed by atoms with E-state index in [2.05, 4.69) is 23.6 Å². The predicted octanol–water partition coefficient (Wildman–Crippen LogP) is 1.90. The van der Waals surface area contributed by atoms with E-state index in [9.17, 15) is 13.5 Å². The quantitative estimate of drug-likeness (QED) is 0.781. The summed E-state index contributed by atoms with van der Waals surface area (Å²) in [5, 5.41) is 10.6. The number of aromatic nitrogens is 2. The van der Waals surface area contributed by atoms with Gasteiger partial charge in [-0.3, -0.25) is 0 Å². The maximum atomic E-state index is 12.3. The Labute approximate surface area is 133 Å². The van der Waals surface area contributed by atoms with Gasteiger partial charge in [-0.05, 0) is 18.8 Å². The van der Waals surface area contributed by atoms with Crippen LogP contribution in [-0.4, -0.2) is 35.2 Å². The third-order valence-electron chi connectivity index (χ3n) is 4.09. The van der Waals surface area contributed by atoms with E-state index < -0.39 is 15.6 Å². The number of imidazole rings is 1. The zero-order valence-corrected chi connectivity index (χ0v) is 14.3. The normalized spacial score (nSPS) is 19.3. The molecule has 1 aliphatic carbocycles. The van der Waals surface area contributed by atoms with E-state index in [1.807, 2.05) is 0 Å². The van der Waals surface area contributed by atoms with Gasteiger partial charge in [-0.1, -0.05) is 39.5 Å². The van der Waals surface area contributed by atoms with Crippen LogP contribution >= 0.6 is 0 Å².